The summed E-state index contributed by atoms with van der Waals surface area (Å²) < 4.78 is 5.77. The maximum atomic E-state index is 5.77. The van der Waals surface area contributed by atoms with E-state index >= 15 is 0 Å². The molecule has 0 heterocycles. The van der Waals surface area contributed by atoms with Crippen molar-refractivity contribution >= 4 is 0 Å². The zero-order chi connectivity index (χ0) is 10.9. The topological polar surface area (TPSA) is 9.23 Å². The fourth-order valence-corrected chi connectivity index (χ4v) is 2.21. The predicted molar refractivity (Wildman–Crippen MR) is 65.8 cm³/mol. The zero-order valence-electron chi connectivity index (χ0n) is 10.4. The Morgan fingerprint density at radius 1 is 1.33 bits per heavy atom. The quantitative estimate of drug-likeness (QED) is 0.554. The number of rotatable bonds is 7. The molecule has 1 aliphatic carbocycles. The predicted octanol–water partition coefficient (Wildman–Crippen LogP) is 4.68. The first-order valence-electron chi connectivity index (χ1n) is 6.64. The maximum absolute atomic E-state index is 5.77. The van der Waals surface area contributed by atoms with Crippen molar-refractivity contribution in [2.75, 3.05) is 6.61 Å². The van der Waals surface area contributed by atoms with E-state index in [9.17, 15) is 0 Å². The lowest BCUT2D eigenvalue weighted by Gasteiger charge is -2.15. The van der Waals surface area contributed by atoms with Gasteiger partial charge in [-0.3, -0.25) is 0 Å². The molecule has 0 bridgehead atoms. The minimum Gasteiger partial charge on any atom is -0.498 e. The minimum atomic E-state index is 0.874. The van der Waals surface area contributed by atoms with Crippen LogP contribution in [-0.2, 0) is 4.74 Å². The Bertz CT molecular complexity index is 184. The molecule has 0 spiro atoms. The van der Waals surface area contributed by atoms with Gasteiger partial charge in [0.2, 0.25) is 0 Å². The molecule has 1 rings (SSSR count). The van der Waals surface area contributed by atoms with Gasteiger partial charge in [-0.1, -0.05) is 26.7 Å². The molecule has 0 saturated heterocycles. The van der Waals surface area contributed by atoms with Gasteiger partial charge in [-0.2, -0.15) is 0 Å². The van der Waals surface area contributed by atoms with E-state index in [0.29, 0.717) is 0 Å². The van der Waals surface area contributed by atoms with E-state index in [2.05, 4.69) is 19.9 Å². The van der Waals surface area contributed by atoms with Crippen molar-refractivity contribution in [3.63, 3.8) is 0 Å². The van der Waals surface area contributed by atoms with Crippen LogP contribution in [0.15, 0.2) is 11.8 Å². The van der Waals surface area contributed by atoms with Crippen molar-refractivity contribution in [2.24, 2.45) is 5.92 Å². The van der Waals surface area contributed by atoms with Crippen LogP contribution in [0.5, 0.6) is 0 Å². The molecule has 0 saturated carbocycles. The van der Waals surface area contributed by atoms with Crippen LogP contribution in [0.3, 0.4) is 0 Å². The van der Waals surface area contributed by atoms with E-state index in [1.807, 2.05) is 0 Å². The molecule has 0 aliphatic heterocycles. The van der Waals surface area contributed by atoms with Crippen molar-refractivity contribution in [1.82, 2.24) is 0 Å². The molecule has 0 radical (unpaired) electrons. The fourth-order valence-electron chi connectivity index (χ4n) is 2.21. The number of ether oxygens (including phenoxy) is 1. The van der Waals surface area contributed by atoms with Gasteiger partial charge in [0, 0.05) is 6.42 Å². The molecule has 0 N–H and O–H groups in total. The molecule has 0 aromatic heterocycles. The van der Waals surface area contributed by atoms with Crippen LogP contribution < -0.4 is 0 Å². The van der Waals surface area contributed by atoms with Gasteiger partial charge in [-0.05, 0) is 44.1 Å². The van der Waals surface area contributed by atoms with Crippen LogP contribution in [0.25, 0.3) is 0 Å². The first kappa shape index (κ1) is 12.6. The fraction of sp³-hybridized carbons (Fsp3) is 0.857. The summed E-state index contributed by atoms with van der Waals surface area (Å²) in [4.78, 5) is 0. The molecule has 0 fully saturated rings. The molecule has 1 aliphatic rings. The van der Waals surface area contributed by atoms with Gasteiger partial charge in [0.25, 0.3) is 0 Å². The summed E-state index contributed by atoms with van der Waals surface area (Å²) in [5, 5.41) is 0. The van der Waals surface area contributed by atoms with Crippen LogP contribution in [0.4, 0.5) is 0 Å². The molecule has 0 aromatic carbocycles. The largest absolute Gasteiger partial charge is 0.498 e. The van der Waals surface area contributed by atoms with Crippen LogP contribution in [0.2, 0.25) is 0 Å². The van der Waals surface area contributed by atoms with E-state index in [-0.39, 0.29) is 0 Å². The van der Waals surface area contributed by atoms with E-state index in [1.54, 1.807) is 0 Å². The molecule has 15 heavy (non-hydrogen) atoms. The standard InChI is InChI=1S/C14H26O/c1-3-8-13(2)9-7-12-15-14-10-5-4-6-11-14/h10,13H,3-9,11-12H2,1-2H3. The van der Waals surface area contributed by atoms with Crippen LogP contribution in [0.1, 0.15) is 65.2 Å². The number of hydrogen-bond acceptors (Lipinski definition) is 1. The summed E-state index contributed by atoms with van der Waals surface area (Å²) in [5.41, 5.74) is 0. The Kier molecular flexibility index (Phi) is 6.54. The van der Waals surface area contributed by atoms with Gasteiger partial charge < -0.3 is 4.74 Å². The van der Waals surface area contributed by atoms with Gasteiger partial charge in [-0.25, -0.2) is 0 Å². The zero-order valence-corrected chi connectivity index (χ0v) is 10.4. The second kappa shape index (κ2) is 7.78. The first-order valence-corrected chi connectivity index (χ1v) is 6.64. The summed E-state index contributed by atoms with van der Waals surface area (Å²) in [6, 6.07) is 0. The average Bonchev–Trinajstić information content (AvgIpc) is 2.26. The van der Waals surface area contributed by atoms with Crippen molar-refractivity contribution in [3.8, 4) is 0 Å². The Morgan fingerprint density at radius 3 is 2.87 bits per heavy atom. The Balaban J connectivity index is 1.98. The number of hydrogen-bond donors (Lipinski definition) is 0. The molecule has 1 nitrogen and oxygen atoms in total. The van der Waals surface area contributed by atoms with E-state index in [4.69, 9.17) is 4.74 Å². The highest BCUT2D eigenvalue weighted by atomic mass is 16.5. The highest BCUT2D eigenvalue weighted by molar-refractivity contribution is 4.96. The number of allylic oxidation sites excluding steroid dienone is 2. The third-order valence-electron chi connectivity index (χ3n) is 3.16. The Labute approximate surface area is 94.9 Å². The Morgan fingerprint density at radius 2 is 2.20 bits per heavy atom. The van der Waals surface area contributed by atoms with Crippen LogP contribution >= 0.6 is 0 Å². The van der Waals surface area contributed by atoms with E-state index < -0.39 is 0 Å². The maximum Gasteiger partial charge on any atom is 0.0919 e. The van der Waals surface area contributed by atoms with Crippen molar-refractivity contribution in [3.05, 3.63) is 11.8 Å². The summed E-state index contributed by atoms with van der Waals surface area (Å²) in [5.74, 6) is 2.13. The summed E-state index contributed by atoms with van der Waals surface area (Å²) >= 11 is 0. The van der Waals surface area contributed by atoms with Crippen LogP contribution in [-0.4, -0.2) is 6.61 Å². The molecular formula is C14H26O. The second-order valence-corrected chi connectivity index (χ2v) is 4.80. The van der Waals surface area contributed by atoms with Gasteiger partial charge in [0.05, 0.1) is 12.4 Å². The van der Waals surface area contributed by atoms with Gasteiger partial charge in [0.15, 0.2) is 0 Å². The third-order valence-corrected chi connectivity index (χ3v) is 3.16. The normalized spacial score (nSPS) is 18.4. The molecule has 1 unspecified atom stereocenters. The molecule has 1 atom stereocenters. The summed E-state index contributed by atoms with van der Waals surface area (Å²) in [6.07, 6.45) is 12.6. The smallest absolute Gasteiger partial charge is 0.0919 e. The third kappa shape index (κ3) is 5.86. The molecule has 1 heteroatoms. The monoisotopic (exact) mass is 210 g/mol. The van der Waals surface area contributed by atoms with Crippen LogP contribution in [0, 0.1) is 5.92 Å². The Hall–Kier alpha value is -0.460. The van der Waals surface area contributed by atoms with Crippen molar-refractivity contribution in [2.45, 2.75) is 65.2 Å². The average molecular weight is 210 g/mol. The van der Waals surface area contributed by atoms with Gasteiger partial charge >= 0.3 is 0 Å². The van der Waals surface area contributed by atoms with E-state index in [1.165, 1.54) is 57.1 Å². The summed E-state index contributed by atoms with van der Waals surface area (Å²) in [6.45, 7) is 5.54. The minimum absolute atomic E-state index is 0.874. The molecule has 0 aromatic rings. The lowest BCUT2D eigenvalue weighted by atomic mass is 10.0. The van der Waals surface area contributed by atoms with Crippen molar-refractivity contribution in [1.29, 1.82) is 0 Å². The highest BCUT2D eigenvalue weighted by Crippen LogP contribution is 2.19. The molecular weight excluding hydrogens is 184 g/mol. The lowest BCUT2D eigenvalue weighted by molar-refractivity contribution is 0.184. The molecule has 0 amide bonds. The second-order valence-electron chi connectivity index (χ2n) is 4.80. The van der Waals surface area contributed by atoms with Gasteiger partial charge in [0.1, 0.15) is 0 Å². The van der Waals surface area contributed by atoms with Crippen molar-refractivity contribution < 1.29 is 4.74 Å². The van der Waals surface area contributed by atoms with E-state index in [0.717, 1.165) is 12.5 Å². The summed E-state index contributed by atoms with van der Waals surface area (Å²) in [7, 11) is 0. The van der Waals surface area contributed by atoms with Gasteiger partial charge in [-0.15, -0.1) is 0 Å². The molecule has 88 valence electrons. The first-order chi connectivity index (χ1) is 7.33. The highest BCUT2D eigenvalue weighted by Gasteiger charge is 2.05. The lowest BCUT2D eigenvalue weighted by Crippen LogP contribution is -2.01. The SMILES string of the molecule is CCCC(C)CCCOC1=CCCCC1.